The Hall–Kier alpha value is -3.48. The number of benzene rings is 2. The Labute approximate surface area is 144 Å². The molecule has 2 rings (SSSR count). The van der Waals surface area contributed by atoms with Gasteiger partial charge in [-0.25, -0.2) is 4.79 Å². The van der Waals surface area contributed by atoms with Crippen molar-refractivity contribution in [3.63, 3.8) is 0 Å². The van der Waals surface area contributed by atoms with Gasteiger partial charge < -0.3 is 10.1 Å². The Balaban J connectivity index is 2.59. The van der Waals surface area contributed by atoms with Crippen molar-refractivity contribution < 1.29 is 19.2 Å². The number of methoxy groups -OCH3 is 1. The van der Waals surface area contributed by atoms with Crippen LogP contribution in [0.15, 0.2) is 48.5 Å². The van der Waals surface area contributed by atoms with E-state index in [1.165, 1.54) is 38.3 Å². The van der Waals surface area contributed by atoms with Crippen LogP contribution in [-0.2, 0) is 14.3 Å². The van der Waals surface area contributed by atoms with Crippen molar-refractivity contribution in [3.8, 4) is 11.1 Å². The third-order valence-electron chi connectivity index (χ3n) is 3.37. The van der Waals surface area contributed by atoms with E-state index in [0.717, 1.165) is 0 Å². The molecular formula is C18H16N2O5. The van der Waals surface area contributed by atoms with Crippen LogP contribution >= 0.6 is 0 Å². The zero-order valence-corrected chi connectivity index (χ0v) is 13.7. The maximum absolute atomic E-state index is 11.6. The second-order valence-corrected chi connectivity index (χ2v) is 5.11. The van der Waals surface area contributed by atoms with E-state index >= 15 is 0 Å². The first-order valence-electron chi connectivity index (χ1n) is 7.34. The molecule has 0 bridgehead atoms. The van der Waals surface area contributed by atoms with Crippen molar-refractivity contribution in [3.05, 3.63) is 64.2 Å². The Morgan fingerprint density at radius 2 is 1.92 bits per heavy atom. The third-order valence-corrected chi connectivity index (χ3v) is 3.37. The number of carbonyl (C=O) groups excluding carboxylic acids is 2. The summed E-state index contributed by atoms with van der Waals surface area (Å²) in [4.78, 5) is 33.4. The number of nitro groups is 1. The van der Waals surface area contributed by atoms with Crippen molar-refractivity contribution >= 4 is 29.3 Å². The number of hydrogen-bond acceptors (Lipinski definition) is 5. The fourth-order valence-electron chi connectivity index (χ4n) is 2.28. The SMILES string of the molecule is COC(=O)/C=C/c1cccc(-c2cccc([N+](=O)[O-])c2)c1NC(C)=O. The molecule has 128 valence electrons. The summed E-state index contributed by atoms with van der Waals surface area (Å²) in [5.74, 6) is -0.833. The molecule has 0 aliphatic carbocycles. The maximum atomic E-state index is 11.6. The number of carbonyl (C=O) groups is 2. The lowest BCUT2D eigenvalue weighted by atomic mass is 9.99. The summed E-state index contributed by atoms with van der Waals surface area (Å²) in [5.41, 5.74) is 2.15. The van der Waals surface area contributed by atoms with Crippen LogP contribution in [0.25, 0.3) is 17.2 Å². The van der Waals surface area contributed by atoms with E-state index in [0.29, 0.717) is 22.4 Å². The van der Waals surface area contributed by atoms with Crippen LogP contribution in [0.4, 0.5) is 11.4 Å². The molecule has 0 aliphatic heterocycles. The minimum Gasteiger partial charge on any atom is -0.466 e. The molecule has 0 fully saturated rings. The molecule has 0 atom stereocenters. The van der Waals surface area contributed by atoms with Gasteiger partial charge in [-0.05, 0) is 17.2 Å². The summed E-state index contributed by atoms with van der Waals surface area (Å²) < 4.78 is 4.56. The number of esters is 1. The van der Waals surface area contributed by atoms with Crippen LogP contribution in [-0.4, -0.2) is 23.9 Å². The highest BCUT2D eigenvalue weighted by Gasteiger charge is 2.13. The second-order valence-electron chi connectivity index (χ2n) is 5.11. The summed E-state index contributed by atoms with van der Waals surface area (Å²) >= 11 is 0. The van der Waals surface area contributed by atoms with Gasteiger partial charge >= 0.3 is 5.97 Å². The first-order valence-corrected chi connectivity index (χ1v) is 7.34. The molecule has 25 heavy (non-hydrogen) atoms. The van der Waals surface area contributed by atoms with Gasteiger partial charge in [0.05, 0.1) is 17.7 Å². The molecule has 0 saturated heterocycles. The Morgan fingerprint density at radius 3 is 2.56 bits per heavy atom. The predicted octanol–water partition coefficient (Wildman–Crippen LogP) is 3.41. The average Bonchev–Trinajstić information content (AvgIpc) is 2.60. The van der Waals surface area contributed by atoms with Crippen molar-refractivity contribution in [2.75, 3.05) is 12.4 Å². The number of para-hydroxylation sites is 1. The molecule has 0 heterocycles. The number of nitro benzene ring substituents is 1. The van der Waals surface area contributed by atoms with Gasteiger partial charge in [0, 0.05) is 30.7 Å². The lowest BCUT2D eigenvalue weighted by Gasteiger charge is -2.13. The van der Waals surface area contributed by atoms with Crippen LogP contribution in [0.1, 0.15) is 12.5 Å². The van der Waals surface area contributed by atoms with Gasteiger partial charge in [-0.3, -0.25) is 14.9 Å². The monoisotopic (exact) mass is 340 g/mol. The van der Waals surface area contributed by atoms with E-state index in [1.54, 1.807) is 30.3 Å². The van der Waals surface area contributed by atoms with Crippen LogP contribution < -0.4 is 5.32 Å². The normalized spacial score (nSPS) is 10.5. The number of ether oxygens (including phenoxy) is 1. The Kier molecular flexibility index (Phi) is 5.62. The summed E-state index contributed by atoms with van der Waals surface area (Å²) in [6.07, 6.45) is 2.75. The molecule has 0 unspecified atom stereocenters. The van der Waals surface area contributed by atoms with Gasteiger partial charge in [0.1, 0.15) is 0 Å². The van der Waals surface area contributed by atoms with Gasteiger partial charge in [0.15, 0.2) is 0 Å². The Bertz CT molecular complexity index is 858. The molecule has 0 spiro atoms. The highest BCUT2D eigenvalue weighted by atomic mass is 16.6. The van der Waals surface area contributed by atoms with Crippen molar-refractivity contribution in [1.29, 1.82) is 0 Å². The molecule has 7 nitrogen and oxygen atoms in total. The van der Waals surface area contributed by atoms with Gasteiger partial charge in [0.25, 0.3) is 5.69 Å². The molecule has 0 aromatic heterocycles. The van der Waals surface area contributed by atoms with Crippen LogP contribution in [0.2, 0.25) is 0 Å². The number of non-ortho nitro benzene ring substituents is 1. The molecule has 1 N–H and O–H groups in total. The van der Waals surface area contributed by atoms with Crippen LogP contribution in [0, 0.1) is 10.1 Å². The third kappa shape index (κ3) is 4.51. The molecule has 2 aromatic rings. The molecule has 7 heteroatoms. The smallest absolute Gasteiger partial charge is 0.330 e. The quantitative estimate of drug-likeness (QED) is 0.389. The lowest BCUT2D eigenvalue weighted by Crippen LogP contribution is -2.08. The highest BCUT2D eigenvalue weighted by molar-refractivity contribution is 5.99. The minimum atomic E-state index is -0.533. The second kappa shape index (κ2) is 7.87. The standard InChI is InChI=1S/C18H16N2O5/c1-12(21)19-18-13(9-10-17(22)25-2)5-4-8-16(18)14-6-3-7-15(11-14)20(23)24/h3-11H,1-2H3,(H,19,21)/b10-9+. The van der Waals surface area contributed by atoms with E-state index in [4.69, 9.17) is 0 Å². The van der Waals surface area contributed by atoms with Gasteiger partial charge in [-0.15, -0.1) is 0 Å². The van der Waals surface area contributed by atoms with E-state index < -0.39 is 10.9 Å². The van der Waals surface area contributed by atoms with Gasteiger partial charge in [-0.1, -0.05) is 30.3 Å². The zero-order chi connectivity index (χ0) is 18.4. The first-order chi connectivity index (χ1) is 11.9. The molecular weight excluding hydrogens is 324 g/mol. The molecule has 0 radical (unpaired) electrons. The van der Waals surface area contributed by atoms with E-state index in [-0.39, 0.29) is 11.6 Å². The topological polar surface area (TPSA) is 98.5 Å². The lowest BCUT2D eigenvalue weighted by molar-refractivity contribution is -0.384. The Morgan fingerprint density at radius 1 is 1.20 bits per heavy atom. The number of anilines is 1. The summed E-state index contributed by atoms with van der Waals surface area (Å²) in [5, 5.41) is 13.7. The molecule has 2 aromatic carbocycles. The predicted molar refractivity (Wildman–Crippen MR) is 93.9 cm³/mol. The van der Waals surface area contributed by atoms with Gasteiger partial charge in [0.2, 0.25) is 5.91 Å². The fraction of sp³-hybridized carbons (Fsp3) is 0.111. The zero-order valence-electron chi connectivity index (χ0n) is 13.7. The van der Waals surface area contributed by atoms with Crippen molar-refractivity contribution in [1.82, 2.24) is 0 Å². The number of nitrogens with zero attached hydrogens (tertiary/aromatic N) is 1. The summed E-state index contributed by atoms with van der Waals surface area (Å²) in [6.45, 7) is 1.36. The van der Waals surface area contributed by atoms with Gasteiger partial charge in [-0.2, -0.15) is 0 Å². The first kappa shape index (κ1) is 17.9. The van der Waals surface area contributed by atoms with Crippen molar-refractivity contribution in [2.24, 2.45) is 0 Å². The number of amides is 1. The molecule has 1 amide bonds. The van der Waals surface area contributed by atoms with E-state index in [9.17, 15) is 19.7 Å². The van der Waals surface area contributed by atoms with E-state index in [1.807, 2.05) is 0 Å². The number of rotatable bonds is 5. The van der Waals surface area contributed by atoms with Crippen LogP contribution in [0.5, 0.6) is 0 Å². The number of hydrogen-bond donors (Lipinski definition) is 1. The number of nitrogens with one attached hydrogen (secondary N) is 1. The van der Waals surface area contributed by atoms with Crippen molar-refractivity contribution in [2.45, 2.75) is 6.92 Å². The van der Waals surface area contributed by atoms with Crippen LogP contribution in [0.3, 0.4) is 0 Å². The van der Waals surface area contributed by atoms with E-state index in [2.05, 4.69) is 10.1 Å². The molecule has 0 saturated carbocycles. The summed E-state index contributed by atoms with van der Waals surface area (Å²) in [7, 11) is 1.26. The average molecular weight is 340 g/mol. The minimum absolute atomic E-state index is 0.0539. The fourth-order valence-corrected chi connectivity index (χ4v) is 2.28. The molecule has 0 aliphatic rings. The summed E-state index contributed by atoms with van der Waals surface area (Å²) in [6, 6.07) is 11.3. The maximum Gasteiger partial charge on any atom is 0.330 e. The largest absolute Gasteiger partial charge is 0.466 e. The highest BCUT2D eigenvalue weighted by Crippen LogP contribution is 2.33.